The highest BCUT2D eigenvalue weighted by atomic mass is 16.6. The van der Waals surface area contributed by atoms with E-state index in [1.165, 1.54) is 0 Å². The van der Waals surface area contributed by atoms with Crippen molar-refractivity contribution in [2.45, 2.75) is 84.7 Å². The zero-order chi connectivity index (χ0) is 17.4. The second-order valence-electron chi connectivity index (χ2n) is 8.68. The molecule has 2 rings (SSSR count). The molecule has 1 N–H and O–H groups in total. The standard InChI is InChI=1S/C20H31NO2/c1-8-9-14-12-17(21-23-14)13-10-15(19(2,3)4)18(22)16(11-13)20(5,6)7/h10-11,14,22H,8-9,12H2,1-7H3. The molecule has 0 saturated heterocycles. The summed E-state index contributed by atoms with van der Waals surface area (Å²) in [5.41, 5.74) is 3.78. The van der Waals surface area contributed by atoms with E-state index in [9.17, 15) is 5.11 Å². The Bertz CT molecular complexity index is 568. The molecule has 0 aliphatic carbocycles. The number of phenols is 1. The fraction of sp³-hybridized carbons (Fsp3) is 0.650. The molecule has 0 bridgehead atoms. The van der Waals surface area contributed by atoms with Crippen LogP contribution in [0.15, 0.2) is 17.3 Å². The first-order chi connectivity index (χ1) is 10.5. The Morgan fingerprint density at radius 1 is 1.09 bits per heavy atom. The fourth-order valence-corrected chi connectivity index (χ4v) is 3.02. The molecule has 1 aliphatic rings. The molecule has 0 amide bonds. The first-order valence-electron chi connectivity index (χ1n) is 8.65. The Morgan fingerprint density at radius 2 is 1.61 bits per heavy atom. The van der Waals surface area contributed by atoms with Gasteiger partial charge in [-0.3, -0.25) is 0 Å². The number of phenolic OH excluding ortho intramolecular Hbond substituents is 1. The van der Waals surface area contributed by atoms with Gasteiger partial charge in [0.15, 0.2) is 0 Å². The summed E-state index contributed by atoms with van der Waals surface area (Å²) in [6, 6.07) is 4.17. The van der Waals surface area contributed by atoms with Gasteiger partial charge >= 0.3 is 0 Å². The van der Waals surface area contributed by atoms with Gasteiger partial charge in [0.1, 0.15) is 11.9 Å². The summed E-state index contributed by atoms with van der Waals surface area (Å²) < 4.78 is 0. The fourth-order valence-electron chi connectivity index (χ4n) is 3.02. The molecule has 1 atom stereocenters. The number of hydrogen-bond donors (Lipinski definition) is 1. The third kappa shape index (κ3) is 3.88. The van der Waals surface area contributed by atoms with E-state index in [4.69, 9.17) is 4.84 Å². The minimum absolute atomic E-state index is 0.122. The van der Waals surface area contributed by atoms with Crippen LogP contribution in [-0.2, 0) is 15.7 Å². The quantitative estimate of drug-likeness (QED) is 0.824. The molecular weight excluding hydrogens is 286 g/mol. The normalized spacial score (nSPS) is 18.7. The van der Waals surface area contributed by atoms with Crippen molar-refractivity contribution in [3.8, 4) is 5.75 Å². The lowest BCUT2D eigenvalue weighted by molar-refractivity contribution is 0.0786. The highest BCUT2D eigenvalue weighted by Gasteiger charge is 2.29. The predicted molar refractivity (Wildman–Crippen MR) is 96.4 cm³/mol. The van der Waals surface area contributed by atoms with Gasteiger partial charge in [-0.2, -0.15) is 0 Å². The lowest BCUT2D eigenvalue weighted by Crippen LogP contribution is -2.19. The van der Waals surface area contributed by atoms with Crippen LogP contribution in [0.1, 0.15) is 84.4 Å². The zero-order valence-corrected chi connectivity index (χ0v) is 15.7. The van der Waals surface area contributed by atoms with Crippen molar-refractivity contribution in [3.63, 3.8) is 0 Å². The second-order valence-corrected chi connectivity index (χ2v) is 8.68. The maximum Gasteiger partial charge on any atom is 0.133 e. The van der Waals surface area contributed by atoms with Crippen LogP contribution >= 0.6 is 0 Å². The summed E-state index contributed by atoms with van der Waals surface area (Å²) in [5.74, 6) is 0.415. The molecule has 0 aromatic heterocycles. The van der Waals surface area contributed by atoms with Crippen LogP contribution in [0.4, 0.5) is 0 Å². The first kappa shape index (κ1) is 17.8. The van der Waals surface area contributed by atoms with Gasteiger partial charge in [0.25, 0.3) is 0 Å². The van der Waals surface area contributed by atoms with Gasteiger partial charge in [0, 0.05) is 23.1 Å². The molecule has 0 spiro atoms. The van der Waals surface area contributed by atoms with Crippen molar-refractivity contribution < 1.29 is 9.94 Å². The topological polar surface area (TPSA) is 41.8 Å². The maximum atomic E-state index is 10.8. The smallest absolute Gasteiger partial charge is 0.133 e. The van der Waals surface area contributed by atoms with Crippen LogP contribution in [0.3, 0.4) is 0 Å². The third-order valence-corrected chi connectivity index (χ3v) is 4.40. The largest absolute Gasteiger partial charge is 0.507 e. The Labute approximate surface area is 140 Å². The van der Waals surface area contributed by atoms with Crippen LogP contribution in [0.5, 0.6) is 5.75 Å². The Hall–Kier alpha value is -1.51. The first-order valence-corrected chi connectivity index (χ1v) is 8.65. The van der Waals surface area contributed by atoms with E-state index in [0.29, 0.717) is 5.75 Å². The van der Waals surface area contributed by atoms with Gasteiger partial charge in [0.2, 0.25) is 0 Å². The number of aromatic hydroxyl groups is 1. The number of hydrogen-bond acceptors (Lipinski definition) is 3. The lowest BCUT2D eigenvalue weighted by Gasteiger charge is -2.28. The van der Waals surface area contributed by atoms with Gasteiger partial charge in [-0.05, 0) is 29.4 Å². The van der Waals surface area contributed by atoms with E-state index in [1.807, 2.05) is 0 Å². The van der Waals surface area contributed by atoms with Crippen LogP contribution in [-0.4, -0.2) is 16.9 Å². The number of oxime groups is 1. The van der Waals surface area contributed by atoms with Crippen LogP contribution in [0, 0.1) is 0 Å². The molecule has 0 saturated carbocycles. The van der Waals surface area contributed by atoms with Gasteiger partial charge in [-0.1, -0.05) is 60.0 Å². The zero-order valence-electron chi connectivity index (χ0n) is 15.7. The van der Waals surface area contributed by atoms with Crippen molar-refractivity contribution in [2.75, 3.05) is 0 Å². The lowest BCUT2D eigenvalue weighted by atomic mass is 9.78. The number of benzene rings is 1. The Balaban J connectivity index is 2.49. The summed E-state index contributed by atoms with van der Waals surface area (Å²) in [7, 11) is 0. The predicted octanol–water partition coefficient (Wildman–Crippen LogP) is 5.28. The summed E-state index contributed by atoms with van der Waals surface area (Å²) in [6.45, 7) is 14.9. The van der Waals surface area contributed by atoms with Gasteiger partial charge in [0.05, 0.1) is 5.71 Å². The minimum Gasteiger partial charge on any atom is -0.507 e. The average molecular weight is 317 g/mol. The molecule has 1 aromatic rings. The highest BCUT2D eigenvalue weighted by molar-refractivity contribution is 6.01. The second kappa shape index (κ2) is 6.18. The van der Waals surface area contributed by atoms with Crippen LogP contribution in [0.25, 0.3) is 0 Å². The monoisotopic (exact) mass is 317 g/mol. The molecule has 1 unspecified atom stereocenters. The van der Waals surface area contributed by atoms with Crippen molar-refractivity contribution in [3.05, 3.63) is 28.8 Å². The molecule has 0 fully saturated rings. The molecule has 3 nitrogen and oxygen atoms in total. The number of nitrogens with zero attached hydrogens (tertiary/aromatic N) is 1. The van der Waals surface area contributed by atoms with Crippen molar-refractivity contribution in [1.82, 2.24) is 0 Å². The van der Waals surface area contributed by atoms with E-state index in [2.05, 4.69) is 65.8 Å². The van der Waals surface area contributed by atoms with E-state index < -0.39 is 0 Å². The molecule has 128 valence electrons. The van der Waals surface area contributed by atoms with E-state index in [0.717, 1.165) is 41.7 Å². The van der Waals surface area contributed by atoms with Crippen molar-refractivity contribution >= 4 is 5.71 Å². The van der Waals surface area contributed by atoms with Gasteiger partial charge in [-0.15, -0.1) is 0 Å². The van der Waals surface area contributed by atoms with Crippen molar-refractivity contribution in [1.29, 1.82) is 0 Å². The van der Waals surface area contributed by atoms with Crippen LogP contribution < -0.4 is 0 Å². The van der Waals surface area contributed by atoms with E-state index in [1.54, 1.807) is 0 Å². The van der Waals surface area contributed by atoms with Crippen molar-refractivity contribution in [2.24, 2.45) is 5.16 Å². The SMILES string of the molecule is CCCC1CC(c2cc(C(C)(C)C)c(O)c(C(C)(C)C)c2)=NO1. The molecule has 0 radical (unpaired) electrons. The molecular formula is C20H31NO2. The number of rotatable bonds is 3. The van der Waals surface area contributed by atoms with E-state index >= 15 is 0 Å². The summed E-state index contributed by atoms with van der Waals surface area (Å²) in [4.78, 5) is 5.57. The summed E-state index contributed by atoms with van der Waals surface area (Å²) in [6.07, 6.45) is 3.18. The molecule has 1 heterocycles. The van der Waals surface area contributed by atoms with Gasteiger partial charge < -0.3 is 9.94 Å². The average Bonchev–Trinajstić information content (AvgIpc) is 2.85. The third-order valence-electron chi connectivity index (χ3n) is 4.40. The van der Waals surface area contributed by atoms with Crippen LogP contribution in [0.2, 0.25) is 0 Å². The van der Waals surface area contributed by atoms with Gasteiger partial charge in [-0.25, -0.2) is 0 Å². The Morgan fingerprint density at radius 3 is 2.04 bits per heavy atom. The molecule has 23 heavy (non-hydrogen) atoms. The Kier molecular flexibility index (Phi) is 4.79. The highest BCUT2D eigenvalue weighted by Crippen LogP contribution is 2.40. The molecule has 1 aromatic carbocycles. The summed E-state index contributed by atoms with van der Waals surface area (Å²) in [5, 5.41) is 15.1. The minimum atomic E-state index is -0.122. The summed E-state index contributed by atoms with van der Waals surface area (Å²) >= 11 is 0. The molecule has 3 heteroatoms. The molecule has 1 aliphatic heterocycles. The van der Waals surface area contributed by atoms with E-state index in [-0.39, 0.29) is 16.9 Å². The maximum absolute atomic E-state index is 10.8.